The van der Waals surface area contributed by atoms with Gasteiger partial charge in [-0.1, -0.05) is 62.4 Å². The zero-order chi connectivity index (χ0) is 24.4. The zero-order valence-electron chi connectivity index (χ0n) is 19.8. The second-order valence-corrected chi connectivity index (χ2v) is 9.92. The highest BCUT2D eigenvalue weighted by molar-refractivity contribution is 7.90. The van der Waals surface area contributed by atoms with Crippen LogP contribution in [0.15, 0.2) is 60.7 Å². The molecule has 0 saturated carbocycles. The Morgan fingerprint density at radius 1 is 0.939 bits per heavy atom. The predicted molar refractivity (Wildman–Crippen MR) is 131 cm³/mol. The van der Waals surface area contributed by atoms with Crippen LogP contribution >= 0.6 is 0 Å². The largest absolute Gasteiger partial charge is 0.354 e. The lowest BCUT2D eigenvalue weighted by Crippen LogP contribution is -2.53. The lowest BCUT2D eigenvalue weighted by atomic mass is 10.1. The summed E-state index contributed by atoms with van der Waals surface area (Å²) in [6.07, 6.45) is 1.18. The molecule has 0 fully saturated rings. The van der Waals surface area contributed by atoms with E-state index in [2.05, 4.69) is 5.32 Å². The minimum atomic E-state index is -3.94. The summed E-state index contributed by atoms with van der Waals surface area (Å²) in [5.41, 5.74) is 1.23. The van der Waals surface area contributed by atoms with Crippen molar-refractivity contribution in [1.82, 2.24) is 14.5 Å². The van der Waals surface area contributed by atoms with E-state index >= 15 is 0 Å². The fraction of sp³-hybridized carbons (Fsp3) is 0.417. The molecule has 0 unspecified atom stereocenters. The Balaban J connectivity index is 2.43. The summed E-state index contributed by atoms with van der Waals surface area (Å²) in [4.78, 5) is 28.0. The second kappa shape index (κ2) is 12.4. The van der Waals surface area contributed by atoms with Crippen molar-refractivity contribution in [3.63, 3.8) is 0 Å². The van der Waals surface area contributed by atoms with E-state index in [4.69, 9.17) is 0 Å². The number of carbonyl (C=O) groups is 2. The molecule has 0 bridgehead atoms. The van der Waals surface area contributed by atoms with Gasteiger partial charge in [0.2, 0.25) is 11.8 Å². The molecule has 0 saturated heterocycles. The van der Waals surface area contributed by atoms with E-state index in [1.165, 1.54) is 19.0 Å². The van der Waals surface area contributed by atoms with Crippen molar-refractivity contribution in [3.05, 3.63) is 66.2 Å². The molecule has 2 aromatic carbocycles. The monoisotopic (exact) mass is 474 g/mol. The Bertz CT molecular complexity index is 998. The number of amides is 2. The Hall–Kier alpha value is -2.91. The number of nitrogens with zero attached hydrogens (tertiary/aromatic N) is 3. The van der Waals surface area contributed by atoms with Crippen LogP contribution in [0.4, 0.5) is 5.69 Å². The van der Waals surface area contributed by atoms with Crippen molar-refractivity contribution in [2.75, 3.05) is 31.5 Å². The molecule has 180 valence electrons. The number of carbonyl (C=O) groups excluding carboxylic acids is 2. The van der Waals surface area contributed by atoms with Crippen molar-refractivity contribution >= 4 is 27.7 Å². The van der Waals surface area contributed by atoms with Gasteiger partial charge in [0.15, 0.2) is 0 Å². The van der Waals surface area contributed by atoms with Crippen LogP contribution in [0.25, 0.3) is 0 Å². The van der Waals surface area contributed by atoms with Crippen LogP contribution in [-0.2, 0) is 26.3 Å². The number of anilines is 1. The van der Waals surface area contributed by atoms with E-state index in [0.29, 0.717) is 18.7 Å². The summed E-state index contributed by atoms with van der Waals surface area (Å²) in [6, 6.07) is 17.1. The molecule has 0 radical (unpaired) electrons. The maximum absolute atomic E-state index is 13.6. The molecular formula is C24H34N4O4S. The highest BCUT2D eigenvalue weighted by Crippen LogP contribution is 2.21. The molecule has 2 rings (SSSR count). The Morgan fingerprint density at radius 3 is 2.03 bits per heavy atom. The molecule has 9 heteroatoms. The van der Waals surface area contributed by atoms with Crippen LogP contribution in [-0.4, -0.2) is 62.7 Å². The number of benzene rings is 2. The molecule has 2 amide bonds. The molecule has 0 spiro atoms. The van der Waals surface area contributed by atoms with E-state index in [0.717, 1.165) is 20.6 Å². The molecule has 33 heavy (non-hydrogen) atoms. The first-order valence-corrected chi connectivity index (χ1v) is 12.5. The van der Waals surface area contributed by atoms with Gasteiger partial charge in [-0.25, -0.2) is 4.31 Å². The van der Waals surface area contributed by atoms with Gasteiger partial charge in [-0.15, -0.1) is 0 Å². The Morgan fingerprint density at radius 2 is 1.52 bits per heavy atom. The summed E-state index contributed by atoms with van der Waals surface area (Å²) in [7, 11) is -1.10. The maximum Gasteiger partial charge on any atom is 0.304 e. The third-order valence-electron chi connectivity index (χ3n) is 5.19. The van der Waals surface area contributed by atoms with Gasteiger partial charge in [0.25, 0.3) is 0 Å². The third kappa shape index (κ3) is 7.03. The summed E-state index contributed by atoms with van der Waals surface area (Å²) >= 11 is 0. The van der Waals surface area contributed by atoms with Gasteiger partial charge in [0, 0.05) is 27.2 Å². The third-order valence-corrected chi connectivity index (χ3v) is 7.01. The lowest BCUT2D eigenvalue weighted by molar-refractivity contribution is -0.140. The standard InChI is InChI=1S/C24H34N4O4S/c1-5-17-25-24(30)22(6-2)27(18-20-13-9-7-10-14-20)23(29)19-28(33(31,32)26(3)4)21-15-11-8-12-16-21/h7-16,22H,5-6,17-19H2,1-4H3,(H,25,30)/t22-/m0/s1. The zero-order valence-corrected chi connectivity index (χ0v) is 20.6. The van der Waals surface area contributed by atoms with Crippen molar-refractivity contribution in [1.29, 1.82) is 0 Å². The molecule has 1 N–H and O–H groups in total. The average Bonchev–Trinajstić information content (AvgIpc) is 2.81. The minimum Gasteiger partial charge on any atom is -0.354 e. The number of hydrogen-bond donors (Lipinski definition) is 1. The summed E-state index contributed by atoms with van der Waals surface area (Å²) in [6.45, 7) is 4.08. The van der Waals surface area contributed by atoms with Crippen molar-refractivity contribution in [3.8, 4) is 0 Å². The number of hydrogen-bond acceptors (Lipinski definition) is 4. The van der Waals surface area contributed by atoms with Crippen LogP contribution in [0, 0.1) is 0 Å². The van der Waals surface area contributed by atoms with E-state index in [9.17, 15) is 18.0 Å². The minimum absolute atomic E-state index is 0.197. The van der Waals surface area contributed by atoms with Gasteiger partial charge >= 0.3 is 10.2 Å². The van der Waals surface area contributed by atoms with Crippen LogP contribution in [0.1, 0.15) is 32.3 Å². The number of nitrogens with one attached hydrogen (secondary N) is 1. The van der Waals surface area contributed by atoms with Crippen LogP contribution in [0.3, 0.4) is 0 Å². The van der Waals surface area contributed by atoms with Crippen LogP contribution in [0.2, 0.25) is 0 Å². The van der Waals surface area contributed by atoms with Crippen LogP contribution < -0.4 is 9.62 Å². The molecule has 0 aliphatic carbocycles. The highest BCUT2D eigenvalue weighted by Gasteiger charge is 2.33. The van der Waals surface area contributed by atoms with Gasteiger partial charge < -0.3 is 10.2 Å². The fourth-order valence-electron chi connectivity index (χ4n) is 3.38. The van der Waals surface area contributed by atoms with Crippen LogP contribution in [0.5, 0.6) is 0 Å². The fourth-order valence-corrected chi connectivity index (χ4v) is 4.43. The summed E-state index contributed by atoms with van der Waals surface area (Å²) in [5.74, 6) is -0.697. The van der Waals surface area contributed by atoms with E-state index in [-0.39, 0.29) is 12.5 Å². The first-order chi connectivity index (χ1) is 15.7. The molecule has 0 aliphatic rings. The number of rotatable bonds is 12. The van der Waals surface area contributed by atoms with Crippen molar-refractivity contribution in [2.24, 2.45) is 0 Å². The van der Waals surface area contributed by atoms with Gasteiger partial charge in [-0.2, -0.15) is 12.7 Å². The average molecular weight is 475 g/mol. The predicted octanol–water partition coefficient (Wildman–Crippen LogP) is 2.63. The molecule has 0 heterocycles. The summed E-state index contributed by atoms with van der Waals surface area (Å²) in [5, 5.41) is 2.87. The van der Waals surface area contributed by atoms with E-state index in [1.807, 2.05) is 44.2 Å². The van der Waals surface area contributed by atoms with Crippen molar-refractivity contribution < 1.29 is 18.0 Å². The topological polar surface area (TPSA) is 90.0 Å². The lowest BCUT2D eigenvalue weighted by Gasteiger charge is -2.33. The van der Waals surface area contributed by atoms with Gasteiger partial charge in [0.1, 0.15) is 12.6 Å². The molecule has 0 aliphatic heterocycles. The Kier molecular flexibility index (Phi) is 9.87. The molecule has 2 aromatic rings. The quantitative estimate of drug-likeness (QED) is 0.512. The number of para-hydroxylation sites is 1. The smallest absolute Gasteiger partial charge is 0.304 e. The maximum atomic E-state index is 13.6. The highest BCUT2D eigenvalue weighted by atomic mass is 32.2. The van der Waals surface area contributed by atoms with Gasteiger partial charge in [0.05, 0.1) is 5.69 Å². The SMILES string of the molecule is CCCNC(=O)[C@H](CC)N(Cc1ccccc1)C(=O)CN(c1ccccc1)S(=O)(=O)N(C)C. The van der Waals surface area contributed by atoms with E-state index in [1.54, 1.807) is 30.3 Å². The van der Waals surface area contributed by atoms with E-state index < -0.39 is 28.7 Å². The first kappa shape index (κ1) is 26.3. The van der Waals surface area contributed by atoms with Gasteiger partial charge in [-0.05, 0) is 30.5 Å². The van der Waals surface area contributed by atoms with Crippen molar-refractivity contribution in [2.45, 2.75) is 39.3 Å². The molecule has 8 nitrogen and oxygen atoms in total. The second-order valence-electron chi connectivity index (χ2n) is 7.85. The Labute approximate surface area is 197 Å². The molecular weight excluding hydrogens is 440 g/mol. The normalized spacial score (nSPS) is 12.3. The molecule has 0 aromatic heterocycles. The molecule has 1 atom stereocenters. The summed E-state index contributed by atoms with van der Waals surface area (Å²) < 4.78 is 28.3. The first-order valence-electron chi connectivity index (χ1n) is 11.1. The van der Waals surface area contributed by atoms with Gasteiger partial charge in [-0.3, -0.25) is 9.59 Å².